The van der Waals surface area contributed by atoms with Gasteiger partial charge in [-0.2, -0.15) is 5.26 Å². The molecule has 0 fully saturated rings. The van der Waals surface area contributed by atoms with Crippen LogP contribution < -0.4 is 14.8 Å². The number of carbonyl (C=O) groups excluding carboxylic acids is 1. The minimum Gasteiger partial charge on any atom is -0.493 e. The first-order valence-electron chi connectivity index (χ1n) is 7.25. The number of nitrogens with zero attached hydrogens (tertiary/aromatic N) is 1. The number of nitrogens with one attached hydrogen (secondary N) is 1. The van der Waals surface area contributed by atoms with Gasteiger partial charge in [-0.1, -0.05) is 13.0 Å². The van der Waals surface area contributed by atoms with Crippen molar-refractivity contribution in [1.82, 2.24) is 5.32 Å². The quantitative estimate of drug-likeness (QED) is 0.621. The van der Waals surface area contributed by atoms with Gasteiger partial charge in [-0.15, -0.1) is 0 Å². The molecule has 22 heavy (non-hydrogen) atoms. The van der Waals surface area contributed by atoms with Crippen molar-refractivity contribution in [1.29, 1.82) is 5.26 Å². The van der Waals surface area contributed by atoms with Crippen LogP contribution in [0.15, 0.2) is 23.8 Å². The molecule has 1 N–H and O–H groups in total. The molecular weight excluding hydrogens is 280 g/mol. The van der Waals surface area contributed by atoms with Crippen molar-refractivity contribution in [2.75, 3.05) is 13.7 Å². The molecule has 0 unspecified atom stereocenters. The van der Waals surface area contributed by atoms with Gasteiger partial charge >= 0.3 is 0 Å². The number of benzene rings is 1. The van der Waals surface area contributed by atoms with E-state index in [0.717, 1.165) is 6.42 Å². The van der Waals surface area contributed by atoms with Crippen LogP contribution in [0.1, 0.15) is 32.8 Å². The number of methoxy groups -OCH3 is 1. The Morgan fingerprint density at radius 1 is 1.41 bits per heavy atom. The van der Waals surface area contributed by atoms with Gasteiger partial charge in [0, 0.05) is 6.04 Å². The lowest BCUT2D eigenvalue weighted by atomic mass is 10.1. The lowest BCUT2D eigenvalue weighted by molar-refractivity contribution is -0.117. The number of amides is 1. The molecule has 0 saturated carbocycles. The predicted octanol–water partition coefficient (Wildman–Crippen LogP) is 2.92. The molecular formula is C17H22N2O3. The molecule has 118 valence electrons. The summed E-state index contributed by atoms with van der Waals surface area (Å²) in [7, 11) is 1.55. The Labute approximate surface area is 131 Å². The first-order chi connectivity index (χ1) is 10.5. The van der Waals surface area contributed by atoms with E-state index in [4.69, 9.17) is 14.7 Å². The minimum atomic E-state index is -0.386. The summed E-state index contributed by atoms with van der Waals surface area (Å²) in [6.07, 6.45) is 2.43. The van der Waals surface area contributed by atoms with Gasteiger partial charge in [-0.3, -0.25) is 4.79 Å². The summed E-state index contributed by atoms with van der Waals surface area (Å²) >= 11 is 0. The van der Waals surface area contributed by atoms with Gasteiger partial charge in [-0.05, 0) is 44.0 Å². The monoisotopic (exact) mass is 302 g/mol. The third-order valence-corrected chi connectivity index (χ3v) is 2.75. The van der Waals surface area contributed by atoms with Gasteiger partial charge in [0.25, 0.3) is 5.91 Å². The maximum absolute atomic E-state index is 11.9. The largest absolute Gasteiger partial charge is 0.493 e. The second kappa shape index (κ2) is 8.73. The number of carbonyl (C=O) groups is 1. The van der Waals surface area contributed by atoms with Crippen LogP contribution in [-0.4, -0.2) is 25.7 Å². The van der Waals surface area contributed by atoms with Crippen LogP contribution in [0.2, 0.25) is 0 Å². The molecule has 0 spiro atoms. The summed E-state index contributed by atoms with van der Waals surface area (Å²) in [5.41, 5.74) is 0.758. The fourth-order valence-electron chi connectivity index (χ4n) is 1.76. The average Bonchev–Trinajstić information content (AvgIpc) is 2.50. The second-order valence-corrected chi connectivity index (χ2v) is 5.06. The van der Waals surface area contributed by atoms with Crippen LogP contribution in [0.3, 0.4) is 0 Å². The molecule has 1 aromatic rings. The van der Waals surface area contributed by atoms with Crippen LogP contribution >= 0.6 is 0 Å². The van der Waals surface area contributed by atoms with Gasteiger partial charge in [0.1, 0.15) is 11.6 Å². The molecule has 0 atom stereocenters. The Bertz CT molecular complexity index is 586. The third kappa shape index (κ3) is 5.13. The summed E-state index contributed by atoms with van der Waals surface area (Å²) in [5, 5.41) is 11.8. The van der Waals surface area contributed by atoms with Crippen molar-refractivity contribution in [3.05, 3.63) is 29.3 Å². The maximum Gasteiger partial charge on any atom is 0.262 e. The standard InChI is InChI=1S/C17H22N2O3/c1-5-8-22-15-7-6-13(10-16(15)21-4)9-14(11-18)17(20)19-12(2)3/h6-7,9-10,12H,5,8H2,1-4H3,(H,19,20)/b14-9+. The first-order valence-corrected chi connectivity index (χ1v) is 7.25. The van der Waals surface area contributed by atoms with Crippen LogP contribution in [0, 0.1) is 11.3 Å². The Kier molecular flexibility index (Phi) is 6.97. The summed E-state index contributed by atoms with van der Waals surface area (Å²) in [6, 6.07) is 7.19. The van der Waals surface area contributed by atoms with Gasteiger partial charge in [0.15, 0.2) is 11.5 Å². The third-order valence-electron chi connectivity index (χ3n) is 2.75. The van der Waals surface area contributed by atoms with Crippen molar-refractivity contribution in [3.8, 4) is 17.6 Å². The van der Waals surface area contributed by atoms with E-state index in [1.54, 1.807) is 25.3 Å². The topological polar surface area (TPSA) is 71.3 Å². The molecule has 1 aromatic carbocycles. The molecule has 1 rings (SSSR count). The highest BCUT2D eigenvalue weighted by molar-refractivity contribution is 6.01. The molecule has 0 heterocycles. The number of hydrogen-bond acceptors (Lipinski definition) is 4. The fraction of sp³-hybridized carbons (Fsp3) is 0.412. The number of nitriles is 1. The summed E-state index contributed by atoms with van der Waals surface area (Å²) < 4.78 is 10.9. The fourth-order valence-corrected chi connectivity index (χ4v) is 1.76. The molecule has 1 amide bonds. The molecule has 0 aromatic heterocycles. The molecule has 5 heteroatoms. The highest BCUT2D eigenvalue weighted by Gasteiger charge is 2.11. The van der Waals surface area contributed by atoms with Gasteiger partial charge < -0.3 is 14.8 Å². The van der Waals surface area contributed by atoms with E-state index < -0.39 is 0 Å². The molecule has 0 saturated heterocycles. The average molecular weight is 302 g/mol. The van der Waals surface area contributed by atoms with Crippen LogP contribution in [-0.2, 0) is 4.79 Å². The van der Waals surface area contributed by atoms with Crippen LogP contribution in [0.5, 0.6) is 11.5 Å². The smallest absolute Gasteiger partial charge is 0.262 e. The van der Waals surface area contributed by atoms with Gasteiger partial charge in [0.05, 0.1) is 13.7 Å². The molecule has 0 aliphatic rings. The van der Waals surface area contributed by atoms with Crippen LogP contribution in [0.25, 0.3) is 6.08 Å². The Balaban J connectivity index is 3.03. The van der Waals surface area contributed by atoms with Crippen molar-refractivity contribution in [3.63, 3.8) is 0 Å². The molecule has 0 aliphatic carbocycles. The van der Waals surface area contributed by atoms with E-state index in [2.05, 4.69) is 5.32 Å². The number of rotatable bonds is 7. The van der Waals surface area contributed by atoms with E-state index in [1.165, 1.54) is 6.08 Å². The molecule has 0 bridgehead atoms. The van der Waals surface area contributed by atoms with E-state index in [-0.39, 0.29) is 17.5 Å². The molecule has 0 aliphatic heterocycles. The summed E-state index contributed by atoms with van der Waals surface area (Å²) in [4.78, 5) is 11.9. The Morgan fingerprint density at radius 2 is 2.14 bits per heavy atom. The van der Waals surface area contributed by atoms with Gasteiger partial charge in [-0.25, -0.2) is 0 Å². The maximum atomic E-state index is 11.9. The summed E-state index contributed by atoms with van der Waals surface area (Å²) in [6.45, 7) is 6.31. The zero-order valence-electron chi connectivity index (χ0n) is 13.5. The zero-order valence-corrected chi connectivity index (χ0v) is 13.5. The van der Waals surface area contributed by atoms with E-state index in [0.29, 0.717) is 23.7 Å². The highest BCUT2D eigenvalue weighted by atomic mass is 16.5. The summed E-state index contributed by atoms with van der Waals surface area (Å²) in [5.74, 6) is 0.832. The number of hydrogen-bond donors (Lipinski definition) is 1. The van der Waals surface area contributed by atoms with E-state index in [9.17, 15) is 4.79 Å². The zero-order chi connectivity index (χ0) is 16.5. The number of ether oxygens (including phenoxy) is 2. The SMILES string of the molecule is CCCOc1ccc(/C=C(\C#N)C(=O)NC(C)C)cc1OC. The lowest BCUT2D eigenvalue weighted by Gasteiger charge is -2.11. The van der Waals surface area contributed by atoms with Crippen molar-refractivity contribution >= 4 is 12.0 Å². The highest BCUT2D eigenvalue weighted by Crippen LogP contribution is 2.29. The van der Waals surface area contributed by atoms with Crippen molar-refractivity contribution in [2.45, 2.75) is 33.2 Å². The lowest BCUT2D eigenvalue weighted by Crippen LogP contribution is -2.30. The van der Waals surface area contributed by atoms with E-state index in [1.807, 2.05) is 26.8 Å². The van der Waals surface area contributed by atoms with Gasteiger partial charge in [0.2, 0.25) is 0 Å². The first kappa shape index (κ1) is 17.6. The Hall–Kier alpha value is -2.48. The van der Waals surface area contributed by atoms with Crippen molar-refractivity contribution < 1.29 is 14.3 Å². The Morgan fingerprint density at radius 3 is 2.68 bits per heavy atom. The van der Waals surface area contributed by atoms with E-state index >= 15 is 0 Å². The van der Waals surface area contributed by atoms with Crippen LogP contribution in [0.4, 0.5) is 0 Å². The van der Waals surface area contributed by atoms with Crippen molar-refractivity contribution in [2.24, 2.45) is 0 Å². The second-order valence-electron chi connectivity index (χ2n) is 5.06. The molecule has 5 nitrogen and oxygen atoms in total. The normalized spacial score (nSPS) is 11.0. The predicted molar refractivity (Wildman–Crippen MR) is 85.6 cm³/mol. The minimum absolute atomic E-state index is 0.0244. The molecule has 0 radical (unpaired) electrons.